The van der Waals surface area contributed by atoms with Gasteiger partial charge in [-0.15, -0.1) is 0 Å². The second-order valence-corrected chi connectivity index (χ2v) is 7.95. The van der Waals surface area contributed by atoms with Gasteiger partial charge in [-0.3, -0.25) is 15.0 Å². The summed E-state index contributed by atoms with van der Waals surface area (Å²) in [5, 5.41) is 13.9. The van der Waals surface area contributed by atoms with Crippen molar-refractivity contribution in [1.29, 1.82) is 5.41 Å². The van der Waals surface area contributed by atoms with E-state index in [1.165, 1.54) is 7.11 Å². The zero-order valence-corrected chi connectivity index (χ0v) is 18.6. The summed E-state index contributed by atoms with van der Waals surface area (Å²) < 4.78 is 5.27. The van der Waals surface area contributed by atoms with Crippen molar-refractivity contribution < 1.29 is 14.3 Å². The number of likely N-dealkylation sites (tertiary alicyclic amines) is 1. The highest BCUT2D eigenvalue weighted by Crippen LogP contribution is 2.24. The third kappa shape index (κ3) is 5.03. The predicted molar refractivity (Wildman–Crippen MR) is 130 cm³/mol. The topological polar surface area (TPSA) is 94.5 Å². The fraction of sp³-hybridized carbons (Fsp3) is 0.192. The van der Waals surface area contributed by atoms with E-state index in [0.29, 0.717) is 34.1 Å². The quantitative estimate of drug-likeness (QED) is 0.386. The lowest BCUT2D eigenvalue weighted by molar-refractivity contribution is 0.102. The molecule has 0 atom stereocenters. The highest BCUT2D eigenvalue weighted by Gasteiger charge is 2.19. The van der Waals surface area contributed by atoms with E-state index in [1.54, 1.807) is 42.5 Å². The molecule has 1 saturated heterocycles. The monoisotopic (exact) mass is 442 g/mol. The molecule has 0 saturated carbocycles. The van der Waals surface area contributed by atoms with Crippen LogP contribution in [-0.2, 0) is 0 Å². The Morgan fingerprint density at radius 3 is 2.15 bits per heavy atom. The molecule has 168 valence electrons. The minimum absolute atomic E-state index is 0.291. The fourth-order valence-corrected chi connectivity index (χ4v) is 3.48. The summed E-state index contributed by atoms with van der Waals surface area (Å²) in [6.45, 7) is 3.76. The first-order valence-electron chi connectivity index (χ1n) is 10.8. The predicted octanol–water partition coefficient (Wildman–Crippen LogP) is 4.54. The first kappa shape index (κ1) is 22.1. The maximum absolute atomic E-state index is 13.0. The normalized spacial score (nSPS) is 12.5. The van der Waals surface area contributed by atoms with Gasteiger partial charge in [0.25, 0.3) is 11.8 Å². The van der Waals surface area contributed by atoms with Crippen LogP contribution in [-0.4, -0.2) is 42.7 Å². The molecule has 7 heteroatoms. The zero-order chi connectivity index (χ0) is 23.4. The van der Waals surface area contributed by atoms with Gasteiger partial charge < -0.3 is 20.3 Å². The number of benzene rings is 3. The summed E-state index contributed by atoms with van der Waals surface area (Å²) in [7, 11) is 1.52. The number of nitrogens with one attached hydrogen (secondary N) is 3. The van der Waals surface area contributed by atoms with Crippen molar-refractivity contribution in [3.05, 3.63) is 89.0 Å². The summed E-state index contributed by atoms with van der Waals surface area (Å²) in [5.41, 5.74) is 3.63. The molecule has 0 aliphatic carbocycles. The van der Waals surface area contributed by atoms with Crippen molar-refractivity contribution in [3.8, 4) is 5.75 Å². The van der Waals surface area contributed by atoms with Gasteiger partial charge >= 0.3 is 0 Å². The summed E-state index contributed by atoms with van der Waals surface area (Å²) in [5.74, 6) is 0.285. The van der Waals surface area contributed by atoms with Gasteiger partial charge in [-0.2, -0.15) is 0 Å². The van der Waals surface area contributed by atoms with Crippen molar-refractivity contribution in [1.82, 2.24) is 4.90 Å². The molecule has 33 heavy (non-hydrogen) atoms. The van der Waals surface area contributed by atoms with Crippen molar-refractivity contribution in [2.75, 3.05) is 30.8 Å². The molecule has 0 bridgehead atoms. The minimum atomic E-state index is -0.355. The number of methoxy groups -OCH3 is 1. The fourth-order valence-electron chi connectivity index (χ4n) is 3.48. The lowest BCUT2D eigenvalue weighted by atomic mass is 10.1. The maximum atomic E-state index is 13.0. The first-order valence-corrected chi connectivity index (χ1v) is 10.8. The van der Waals surface area contributed by atoms with Crippen LogP contribution in [0.1, 0.15) is 38.3 Å². The average molecular weight is 443 g/mol. The van der Waals surface area contributed by atoms with Crippen LogP contribution in [0, 0.1) is 12.3 Å². The molecular formula is C26H26N4O3. The molecule has 0 spiro atoms. The lowest BCUT2D eigenvalue weighted by Crippen LogP contribution is -2.42. The van der Waals surface area contributed by atoms with Crippen molar-refractivity contribution in [3.63, 3.8) is 0 Å². The van der Waals surface area contributed by atoms with Gasteiger partial charge in [0.05, 0.1) is 18.4 Å². The molecule has 2 amide bonds. The molecule has 3 aromatic carbocycles. The number of ether oxygens (including phenoxy) is 1. The molecular weight excluding hydrogens is 416 g/mol. The van der Waals surface area contributed by atoms with Crippen LogP contribution < -0.4 is 15.4 Å². The molecule has 0 aromatic heterocycles. The van der Waals surface area contributed by atoms with E-state index in [2.05, 4.69) is 10.6 Å². The van der Waals surface area contributed by atoms with Crippen LogP contribution >= 0.6 is 0 Å². The van der Waals surface area contributed by atoms with E-state index >= 15 is 0 Å². The molecule has 7 nitrogen and oxygen atoms in total. The third-order valence-electron chi connectivity index (χ3n) is 5.62. The largest absolute Gasteiger partial charge is 0.497 e. The van der Waals surface area contributed by atoms with Crippen LogP contribution in [0.4, 0.5) is 11.4 Å². The van der Waals surface area contributed by atoms with Gasteiger partial charge in [-0.1, -0.05) is 29.8 Å². The maximum Gasteiger partial charge on any atom is 0.257 e. The Morgan fingerprint density at radius 1 is 0.879 bits per heavy atom. The van der Waals surface area contributed by atoms with E-state index in [1.807, 2.05) is 36.1 Å². The van der Waals surface area contributed by atoms with Crippen LogP contribution in [0.2, 0.25) is 0 Å². The Morgan fingerprint density at radius 2 is 1.55 bits per heavy atom. The van der Waals surface area contributed by atoms with Gasteiger partial charge in [-0.05, 0) is 55.8 Å². The van der Waals surface area contributed by atoms with E-state index in [-0.39, 0.29) is 11.8 Å². The number of hydrogen-bond acceptors (Lipinski definition) is 4. The molecule has 4 rings (SSSR count). The number of carbonyl (C=O) groups excluding carboxylic acids is 2. The first-order chi connectivity index (χ1) is 15.9. The zero-order valence-electron chi connectivity index (χ0n) is 18.6. The van der Waals surface area contributed by atoms with Crippen LogP contribution in [0.25, 0.3) is 0 Å². The summed E-state index contributed by atoms with van der Waals surface area (Å²) >= 11 is 0. The van der Waals surface area contributed by atoms with Crippen molar-refractivity contribution >= 4 is 29.0 Å². The number of anilines is 2. The Hall–Kier alpha value is -4.13. The molecule has 1 heterocycles. The van der Waals surface area contributed by atoms with Crippen LogP contribution in [0.5, 0.6) is 5.75 Å². The molecule has 3 N–H and O–H groups in total. The van der Waals surface area contributed by atoms with Gasteiger partial charge in [0.15, 0.2) is 0 Å². The van der Waals surface area contributed by atoms with E-state index < -0.39 is 0 Å². The molecule has 1 fully saturated rings. The SMILES string of the molecule is COc1ccc(NC(=O)c2ccc(C(=N)N3CCC3)cc2)c(C(=O)Nc2ccc(C)cc2)c1. The number of amidine groups is 1. The molecule has 0 radical (unpaired) electrons. The number of carbonyl (C=O) groups is 2. The molecule has 0 unspecified atom stereocenters. The minimum Gasteiger partial charge on any atom is -0.497 e. The summed E-state index contributed by atoms with van der Waals surface area (Å²) in [6, 6.07) is 19.3. The number of amides is 2. The standard InChI is InChI=1S/C26H26N4O3/c1-17-4-10-20(11-5-17)28-26(32)22-16-21(33-2)12-13-23(22)29-25(31)19-8-6-18(7-9-19)24(27)30-14-3-15-30/h4-13,16,27H,3,14-15H2,1-2H3,(H,28,32)(H,29,31). The Kier molecular flexibility index (Phi) is 6.40. The van der Waals surface area contributed by atoms with E-state index in [4.69, 9.17) is 10.1 Å². The van der Waals surface area contributed by atoms with Gasteiger partial charge in [0, 0.05) is 29.9 Å². The molecule has 3 aromatic rings. The molecule has 1 aliphatic heterocycles. The van der Waals surface area contributed by atoms with Crippen molar-refractivity contribution in [2.24, 2.45) is 0 Å². The number of nitrogens with zero attached hydrogens (tertiary/aromatic N) is 1. The molecule has 1 aliphatic rings. The summed E-state index contributed by atoms with van der Waals surface area (Å²) in [6.07, 6.45) is 1.10. The smallest absolute Gasteiger partial charge is 0.257 e. The van der Waals surface area contributed by atoms with Crippen LogP contribution in [0.3, 0.4) is 0 Å². The van der Waals surface area contributed by atoms with E-state index in [0.717, 1.165) is 30.6 Å². The number of hydrogen-bond donors (Lipinski definition) is 3. The Bertz CT molecular complexity index is 1180. The Balaban J connectivity index is 1.52. The Labute approximate surface area is 192 Å². The third-order valence-corrected chi connectivity index (χ3v) is 5.62. The number of aryl methyl sites for hydroxylation is 1. The second-order valence-electron chi connectivity index (χ2n) is 7.95. The van der Waals surface area contributed by atoms with E-state index in [9.17, 15) is 9.59 Å². The highest BCUT2D eigenvalue weighted by atomic mass is 16.5. The summed E-state index contributed by atoms with van der Waals surface area (Å²) in [4.78, 5) is 27.9. The number of rotatable bonds is 6. The van der Waals surface area contributed by atoms with Gasteiger partial charge in [0.1, 0.15) is 11.6 Å². The van der Waals surface area contributed by atoms with Crippen molar-refractivity contribution in [2.45, 2.75) is 13.3 Å². The second kappa shape index (κ2) is 9.56. The van der Waals surface area contributed by atoms with Crippen LogP contribution in [0.15, 0.2) is 66.7 Å². The van der Waals surface area contributed by atoms with Gasteiger partial charge in [-0.25, -0.2) is 0 Å². The lowest BCUT2D eigenvalue weighted by Gasteiger charge is -2.33. The average Bonchev–Trinajstić information content (AvgIpc) is 2.79. The van der Waals surface area contributed by atoms with Gasteiger partial charge in [0.2, 0.25) is 0 Å². The highest BCUT2D eigenvalue weighted by molar-refractivity contribution is 6.13.